The van der Waals surface area contributed by atoms with Gasteiger partial charge in [-0.2, -0.15) is 0 Å². The summed E-state index contributed by atoms with van der Waals surface area (Å²) in [6.45, 7) is 2.26. The van der Waals surface area contributed by atoms with Crippen molar-refractivity contribution in [3.63, 3.8) is 0 Å². The minimum Gasteiger partial charge on any atom is -0.480 e. The van der Waals surface area contributed by atoms with Crippen LogP contribution in [0.1, 0.15) is 31.9 Å². The third-order valence-corrected chi connectivity index (χ3v) is 3.51. The van der Waals surface area contributed by atoms with Gasteiger partial charge in [-0.05, 0) is 26.2 Å². The van der Waals surface area contributed by atoms with Crippen molar-refractivity contribution >= 4 is 12.0 Å². The predicted octanol–water partition coefficient (Wildman–Crippen LogP) is 1.21. The maximum Gasteiger partial charge on any atom is 0.329 e. The molecule has 0 spiro atoms. The van der Waals surface area contributed by atoms with Crippen LogP contribution in [0.2, 0.25) is 0 Å². The first-order valence-electron chi connectivity index (χ1n) is 6.22. The van der Waals surface area contributed by atoms with Gasteiger partial charge in [-0.3, -0.25) is 0 Å². The van der Waals surface area contributed by atoms with E-state index in [1.165, 1.54) is 11.2 Å². The molecule has 2 heterocycles. The fourth-order valence-electron chi connectivity index (χ4n) is 2.26. The number of urea groups is 1. The van der Waals surface area contributed by atoms with Crippen LogP contribution in [-0.4, -0.2) is 39.2 Å². The molecule has 1 aromatic heterocycles. The highest BCUT2D eigenvalue weighted by Gasteiger charge is 2.43. The van der Waals surface area contributed by atoms with Crippen LogP contribution >= 0.6 is 0 Å². The molecule has 1 aliphatic rings. The quantitative estimate of drug-likeness (QED) is 0.858. The molecule has 0 aliphatic carbocycles. The van der Waals surface area contributed by atoms with Gasteiger partial charge in [0.05, 0.1) is 6.54 Å². The highest BCUT2D eigenvalue weighted by molar-refractivity contribution is 5.86. The standard InChI is InChI=1S/C12H17N3O4/c1-12(10(16)17)5-2-3-6-15(12)11(18)13-8-9-4-7-19-14-9/h4,7H,2-3,5-6,8H2,1H3,(H,13,18)(H,16,17). The van der Waals surface area contributed by atoms with Crippen molar-refractivity contribution in [1.82, 2.24) is 15.4 Å². The Balaban J connectivity index is 2.01. The second-order valence-corrected chi connectivity index (χ2v) is 4.84. The second kappa shape index (κ2) is 5.29. The van der Waals surface area contributed by atoms with Crippen LogP contribution in [0, 0.1) is 0 Å². The summed E-state index contributed by atoms with van der Waals surface area (Å²) >= 11 is 0. The van der Waals surface area contributed by atoms with Crippen LogP contribution < -0.4 is 5.32 Å². The van der Waals surface area contributed by atoms with Crippen molar-refractivity contribution in [2.24, 2.45) is 0 Å². The molecular weight excluding hydrogens is 250 g/mol. The van der Waals surface area contributed by atoms with E-state index in [9.17, 15) is 14.7 Å². The summed E-state index contributed by atoms with van der Waals surface area (Å²) in [5.41, 5.74) is -0.533. The van der Waals surface area contributed by atoms with E-state index in [0.29, 0.717) is 18.7 Å². The number of nitrogens with one attached hydrogen (secondary N) is 1. The lowest BCUT2D eigenvalue weighted by Crippen LogP contribution is -2.59. The number of likely N-dealkylation sites (tertiary alicyclic amines) is 1. The van der Waals surface area contributed by atoms with Crippen LogP contribution in [0.15, 0.2) is 16.9 Å². The first-order chi connectivity index (χ1) is 9.04. The van der Waals surface area contributed by atoms with Crippen molar-refractivity contribution in [2.75, 3.05) is 6.54 Å². The van der Waals surface area contributed by atoms with E-state index in [2.05, 4.69) is 15.0 Å². The zero-order valence-corrected chi connectivity index (χ0v) is 10.8. The Labute approximate surface area is 110 Å². The maximum absolute atomic E-state index is 12.1. The summed E-state index contributed by atoms with van der Waals surface area (Å²) in [7, 11) is 0. The van der Waals surface area contributed by atoms with Gasteiger partial charge < -0.3 is 19.8 Å². The fourth-order valence-corrected chi connectivity index (χ4v) is 2.26. The minimum atomic E-state index is -1.13. The summed E-state index contributed by atoms with van der Waals surface area (Å²) in [5.74, 6) is -0.969. The van der Waals surface area contributed by atoms with E-state index in [-0.39, 0.29) is 12.6 Å². The summed E-state index contributed by atoms with van der Waals surface area (Å²) in [4.78, 5) is 24.9. The van der Waals surface area contributed by atoms with Gasteiger partial charge in [-0.1, -0.05) is 5.16 Å². The topological polar surface area (TPSA) is 95.7 Å². The number of rotatable bonds is 3. The Bertz CT molecular complexity index is 460. The Hall–Kier alpha value is -2.05. The molecule has 0 aromatic carbocycles. The molecule has 1 saturated heterocycles. The monoisotopic (exact) mass is 267 g/mol. The lowest BCUT2D eigenvalue weighted by atomic mass is 9.89. The zero-order valence-electron chi connectivity index (χ0n) is 10.8. The molecular formula is C12H17N3O4. The molecule has 0 saturated carbocycles. The highest BCUT2D eigenvalue weighted by atomic mass is 16.5. The molecule has 2 N–H and O–H groups in total. The summed E-state index contributed by atoms with van der Waals surface area (Å²) in [5, 5.41) is 15.7. The van der Waals surface area contributed by atoms with Gasteiger partial charge in [0.25, 0.3) is 0 Å². The SMILES string of the molecule is CC1(C(=O)O)CCCCN1C(=O)NCc1ccon1. The summed E-state index contributed by atoms with van der Waals surface area (Å²) in [6, 6.07) is 1.26. The maximum atomic E-state index is 12.1. The van der Waals surface area contributed by atoms with Crippen molar-refractivity contribution in [1.29, 1.82) is 0 Å². The van der Waals surface area contributed by atoms with E-state index in [0.717, 1.165) is 12.8 Å². The normalized spacial score (nSPS) is 23.1. The van der Waals surface area contributed by atoms with Crippen molar-refractivity contribution in [3.8, 4) is 0 Å². The average molecular weight is 267 g/mol. The molecule has 7 nitrogen and oxygen atoms in total. The van der Waals surface area contributed by atoms with E-state index in [1.807, 2.05) is 0 Å². The smallest absolute Gasteiger partial charge is 0.329 e. The molecule has 1 fully saturated rings. The number of nitrogens with zero attached hydrogens (tertiary/aromatic N) is 2. The number of aliphatic carboxylic acids is 1. The molecule has 1 aromatic rings. The van der Waals surface area contributed by atoms with Gasteiger partial charge in [-0.25, -0.2) is 9.59 Å². The van der Waals surface area contributed by atoms with Crippen LogP contribution in [0.25, 0.3) is 0 Å². The van der Waals surface area contributed by atoms with Gasteiger partial charge >= 0.3 is 12.0 Å². The molecule has 104 valence electrons. The first-order valence-corrected chi connectivity index (χ1v) is 6.22. The molecule has 0 bridgehead atoms. The number of carboxylic acids is 1. The Morgan fingerprint density at radius 2 is 2.37 bits per heavy atom. The molecule has 19 heavy (non-hydrogen) atoms. The van der Waals surface area contributed by atoms with Crippen LogP contribution in [-0.2, 0) is 11.3 Å². The third-order valence-electron chi connectivity index (χ3n) is 3.51. The Morgan fingerprint density at radius 1 is 1.58 bits per heavy atom. The van der Waals surface area contributed by atoms with E-state index < -0.39 is 11.5 Å². The molecule has 1 unspecified atom stereocenters. The number of hydrogen-bond acceptors (Lipinski definition) is 4. The molecule has 1 aliphatic heterocycles. The van der Waals surface area contributed by atoms with Crippen LogP contribution in [0.5, 0.6) is 0 Å². The molecule has 2 amide bonds. The molecule has 2 rings (SSSR count). The second-order valence-electron chi connectivity index (χ2n) is 4.84. The van der Waals surface area contributed by atoms with Crippen LogP contribution in [0.4, 0.5) is 4.79 Å². The van der Waals surface area contributed by atoms with Crippen LogP contribution in [0.3, 0.4) is 0 Å². The van der Waals surface area contributed by atoms with Gasteiger partial charge in [0, 0.05) is 12.6 Å². The van der Waals surface area contributed by atoms with Crippen molar-refractivity contribution < 1.29 is 19.2 Å². The van der Waals surface area contributed by atoms with E-state index >= 15 is 0 Å². The van der Waals surface area contributed by atoms with Gasteiger partial charge in [-0.15, -0.1) is 0 Å². The fraction of sp³-hybridized carbons (Fsp3) is 0.583. The third kappa shape index (κ3) is 2.69. The number of amides is 2. The lowest BCUT2D eigenvalue weighted by molar-refractivity contribution is -0.150. The minimum absolute atomic E-state index is 0.224. The molecule has 1 atom stereocenters. The number of hydrogen-bond donors (Lipinski definition) is 2. The number of carbonyl (C=O) groups is 2. The average Bonchev–Trinajstić information content (AvgIpc) is 2.89. The summed E-state index contributed by atoms with van der Waals surface area (Å²) < 4.78 is 4.66. The Morgan fingerprint density at radius 3 is 3.00 bits per heavy atom. The van der Waals surface area contributed by atoms with Crippen molar-refractivity contribution in [3.05, 3.63) is 18.0 Å². The van der Waals surface area contributed by atoms with E-state index in [1.54, 1.807) is 13.0 Å². The Kier molecular flexibility index (Phi) is 3.73. The largest absolute Gasteiger partial charge is 0.480 e. The van der Waals surface area contributed by atoms with Gasteiger partial charge in [0.1, 0.15) is 17.5 Å². The van der Waals surface area contributed by atoms with Crippen molar-refractivity contribution in [2.45, 2.75) is 38.3 Å². The number of piperidine rings is 1. The van der Waals surface area contributed by atoms with Gasteiger partial charge in [0.2, 0.25) is 0 Å². The number of carbonyl (C=O) groups excluding carboxylic acids is 1. The molecule has 7 heteroatoms. The predicted molar refractivity (Wildman–Crippen MR) is 65.3 cm³/mol. The number of carboxylic acid groups (broad SMARTS) is 1. The zero-order chi connectivity index (χ0) is 13.9. The first kappa shape index (κ1) is 13.4. The van der Waals surface area contributed by atoms with E-state index in [4.69, 9.17) is 0 Å². The lowest BCUT2D eigenvalue weighted by Gasteiger charge is -2.41. The highest BCUT2D eigenvalue weighted by Crippen LogP contribution is 2.28. The van der Waals surface area contributed by atoms with Gasteiger partial charge in [0.15, 0.2) is 0 Å². The summed E-state index contributed by atoms with van der Waals surface area (Å²) in [6.07, 6.45) is 3.53. The number of aromatic nitrogens is 1. The molecule has 0 radical (unpaired) electrons.